The lowest BCUT2D eigenvalue weighted by atomic mass is 10.0. The minimum atomic E-state index is -0.354. The maximum atomic E-state index is 12.7. The normalized spacial score (nSPS) is 22.3. The summed E-state index contributed by atoms with van der Waals surface area (Å²) in [5.41, 5.74) is 0. The van der Waals surface area contributed by atoms with Crippen LogP contribution < -0.4 is 10.2 Å². The molecule has 1 aromatic rings. The number of hydrogen-bond donors (Lipinski definition) is 1. The topological polar surface area (TPSA) is 81.7 Å². The Balaban J connectivity index is 1.64. The Morgan fingerprint density at radius 2 is 2.08 bits per heavy atom. The number of aromatic nitrogens is 2. The van der Waals surface area contributed by atoms with E-state index in [-0.39, 0.29) is 23.9 Å². The number of likely N-dealkylation sites (tertiary alicyclic amines) is 1. The Labute approximate surface area is 154 Å². The molecular weight excluding hydrogens is 332 g/mol. The molecule has 2 fully saturated rings. The number of likely N-dealkylation sites (N-methyl/N-ethyl adjacent to an activating group) is 1. The highest BCUT2D eigenvalue weighted by molar-refractivity contribution is 5.85. The van der Waals surface area contributed by atoms with E-state index in [1.165, 1.54) is 12.7 Å². The maximum Gasteiger partial charge on any atom is 0.245 e. The molecule has 3 rings (SSSR count). The van der Waals surface area contributed by atoms with Crippen molar-refractivity contribution in [2.45, 2.75) is 45.2 Å². The fraction of sp³-hybridized carbons (Fsp3) is 0.667. The highest BCUT2D eigenvalue weighted by Crippen LogP contribution is 2.20. The molecular formula is C18H28N6O2. The summed E-state index contributed by atoms with van der Waals surface area (Å²) in [6.07, 6.45) is 4.79. The van der Waals surface area contributed by atoms with Gasteiger partial charge in [0.1, 0.15) is 24.0 Å². The highest BCUT2D eigenvalue weighted by Gasteiger charge is 2.27. The molecule has 2 aliphatic heterocycles. The van der Waals surface area contributed by atoms with Crippen molar-refractivity contribution in [3.8, 4) is 0 Å². The zero-order chi connectivity index (χ0) is 18.7. The summed E-state index contributed by atoms with van der Waals surface area (Å²) in [7, 11) is 1.81. The number of nitrogens with one attached hydrogen (secondary N) is 1. The number of piperidine rings is 1. The molecule has 0 radical (unpaired) electrons. The van der Waals surface area contributed by atoms with Crippen LogP contribution in [0.25, 0.3) is 0 Å². The van der Waals surface area contributed by atoms with Gasteiger partial charge in [-0.1, -0.05) is 0 Å². The molecule has 1 N–H and O–H groups in total. The summed E-state index contributed by atoms with van der Waals surface area (Å²) in [6.45, 7) is 6.52. The third-order valence-corrected chi connectivity index (χ3v) is 5.25. The average molecular weight is 360 g/mol. The SMILES string of the molecule is CC(Nc1cc(N2CCN(C)C(=O)C2)ncn1)C(=O)N1CCCCC1C. The lowest BCUT2D eigenvalue weighted by Gasteiger charge is -2.35. The van der Waals surface area contributed by atoms with E-state index < -0.39 is 0 Å². The predicted octanol–water partition coefficient (Wildman–Crippen LogP) is 0.956. The average Bonchev–Trinajstić information content (AvgIpc) is 2.64. The Hall–Kier alpha value is -2.38. The second kappa shape index (κ2) is 7.88. The van der Waals surface area contributed by atoms with E-state index in [1.807, 2.05) is 29.8 Å². The van der Waals surface area contributed by atoms with Gasteiger partial charge in [0, 0.05) is 38.8 Å². The summed E-state index contributed by atoms with van der Waals surface area (Å²) in [6, 6.07) is 1.74. The van der Waals surface area contributed by atoms with Gasteiger partial charge in [-0.25, -0.2) is 9.97 Å². The van der Waals surface area contributed by atoms with Gasteiger partial charge in [0.25, 0.3) is 0 Å². The summed E-state index contributed by atoms with van der Waals surface area (Å²) >= 11 is 0. The number of nitrogens with zero attached hydrogens (tertiary/aromatic N) is 5. The van der Waals surface area contributed by atoms with Gasteiger partial charge in [0.15, 0.2) is 0 Å². The van der Waals surface area contributed by atoms with E-state index in [4.69, 9.17) is 0 Å². The minimum absolute atomic E-state index is 0.0759. The van der Waals surface area contributed by atoms with Crippen molar-refractivity contribution in [2.24, 2.45) is 0 Å². The molecule has 2 amide bonds. The molecule has 0 aliphatic carbocycles. The van der Waals surface area contributed by atoms with Crippen molar-refractivity contribution < 1.29 is 9.59 Å². The second-order valence-corrected chi connectivity index (χ2v) is 7.24. The van der Waals surface area contributed by atoms with Crippen LogP contribution in [0.3, 0.4) is 0 Å². The lowest BCUT2D eigenvalue weighted by Crippen LogP contribution is -2.49. The van der Waals surface area contributed by atoms with Crippen LogP contribution in [0.2, 0.25) is 0 Å². The van der Waals surface area contributed by atoms with E-state index in [0.717, 1.165) is 25.9 Å². The van der Waals surface area contributed by atoms with Crippen LogP contribution in [0.15, 0.2) is 12.4 Å². The smallest absolute Gasteiger partial charge is 0.245 e. The second-order valence-electron chi connectivity index (χ2n) is 7.24. The Bertz CT molecular complexity index is 667. The van der Waals surface area contributed by atoms with Crippen LogP contribution in [0.1, 0.15) is 33.1 Å². The first-order valence-corrected chi connectivity index (χ1v) is 9.33. The number of anilines is 2. The third-order valence-electron chi connectivity index (χ3n) is 5.25. The van der Waals surface area contributed by atoms with Gasteiger partial charge < -0.3 is 20.0 Å². The molecule has 8 heteroatoms. The van der Waals surface area contributed by atoms with E-state index >= 15 is 0 Å². The van der Waals surface area contributed by atoms with Crippen LogP contribution in [-0.4, -0.2) is 76.9 Å². The molecule has 0 spiro atoms. The Kier molecular flexibility index (Phi) is 5.58. The van der Waals surface area contributed by atoms with Crippen molar-refractivity contribution in [3.05, 3.63) is 12.4 Å². The third kappa shape index (κ3) is 4.05. The van der Waals surface area contributed by atoms with Crippen molar-refractivity contribution in [1.29, 1.82) is 0 Å². The van der Waals surface area contributed by atoms with Gasteiger partial charge in [-0.05, 0) is 33.1 Å². The first-order chi connectivity index (χ1) is 12.5. The molecule has 0 bridgehead atoms. The molecule has 2 atom stereocenters. The van der Waals surface area contributed by atoms with Crippen molar-refractivity contribution >= 4 is 23.5 Å². The molecule has 8 nitrogen and oxygen atoms in total. The van der Waals surface area contributed by atoms with Gasteiger partial charge in [0.2, 0.25) is 11.8 Å². The highest BCUT2D eigenvalue weighted by atomic mass is 16.2. The lowest BCUT2D eigenvalue weighted by molar-refractivity contribution is -0.135. The van der Waals surface area contributed by atoms with E-state index in [1.54, 1.807) is 4.90 Å². The Morgan fingerprint density at radius 3 is 2.81 bits per heavy atom. The number of rotatable bonds is 4. The van der Waals surface area contributed by atoms with Crippen LogP contribution in [-0.2, 0) is 9.59 Å². The van der Waals surface area contributed by atoms with Gasteiger partial charge in [-0.3, -0.25) is 9.59 Å². The van der Waals surface area contributed by atoms with E-state index in [2.05, 4.69) is 22.2 Å². The van der Waals surface area contributed by atoms with Crippen LogP contribution >= 0.6 is 0 Å². The number of hydrogen-bond acceptors (Lipinski definition) is 6. The molecule has 2 saturated heterocycles. The van der Waals surface area contributed by atoms with Gasteiger partial charge >= 0.3 is 0 Å². The standard InChI is InChI=1S/C18H28N6O2/c1-13-6-4-5-7-24(13)18(26)14(2)21-15-10-16(20-12-19-15)23-9-8-22(3)17(25)11-23/h10,12-14H,4-9,11H2,1-3H3,(H,19,20,21). The van der Waals surface area contributed by atoms with Gasteiger partial charge in [-0.15, -0.1) is 0 Å². The zero-order valence-electron chi connectivity index (χ0n) is 15.8. The van der Waals surface area contributed by atoms with Crippen LogP contribution in [0.5, 0.6) is 0 Å². The van der Waals surface area contributed by atoms with E-state index in [0.29, 0.717) is 24.7 Å². The minimum Gasteiger partial charge on any atom is -0.358 e. The fourth-order valence-electron chi connectivity index (χ4n) is 3.51. The van der Waals surface area contributed by atoms with Crippen LogP contribution in [0, 0.1) is 0 Å². The molecule has 26 heavy (non-hydrogen) atoms. The molecule has 2 aliphatic rings. The molecule has 2 unspecified atom stereocenters. The molecule has 0 saturated carbocycles. The summed E-state index contributed by atoms with van der Waals surface area (Å²) < 4.78 is 0. The van der Waals surface area contributed by atoms with Gasteiger partial charge in [0.05, 0.1) is 6.54 Å². The number of carbonyl (C=O) groups excluding carboxylic acids is 2. The largest absolute Gasteiger partial charge is 0.358 e. The summed E-state index contributed by atoms with van der Waals surface area (Å²) in [5.74, 6) is 1.49. The maximum absolute atomic E-state index is 12.7. The van der Waals surface area contributed by atoms with Crippen molar-refractivity contribution in [3.63, 3.8) is 0 Å². The van der Waals surface area contributed by atoms with Crippen molar-refractivity contribution in [2.75, 3.05) is 43.4 Å². The fourth-order valence-corrected chi connectivity index (χ4v) is 3.51. The number of piperazine rings is 1. The molecule has 3 heterocycles. The monoisotopic (exact) mass is 360 g/mol. The molecule has 142 valence electrons. The quantitative estimate of drug-likeness (QED) is 0.861. The van der Waals surface area contributed by atoms with Crippen molar-refractivity contribution in [1.82, 2.24) is 19.8 Å². The summed E-state index contributed by atoms with van der Waals surface area (Å²) in [4.78, 5) is 38.8. The first-order valence-electron chi connectivity index (χ1n) is 9.33. The van der Waals surface area contributed by atoms with Crippen LogP contribution in [0.4, 0.5) is 11.6 Å². The molecule has 1 aromatic heterocycles. The van der Waals surface area contributed by atoms with E-state index in [9.17, 15) is 9.59 Å². The first kappa shape index (κ1) is 18.4. The van der Waals surface area contributed by atoms with Gasteiger partial charge in [-0.2, -0.15) is 0 Å². The summed E-state index contributed by atoms with van der Waals surface area (Å²) in [5, 5.41) is 3.19. The predicted molar refractivity (Wildman–Crippen MR) is 100.0 cm³/mol. The number of amides is 2. The number of carbonyl (C=O) groups is 2. The Morgan fingerprint density at radius 1 is 1.27 bits per heavy atom. The molecule has 0 aromatic carbocycles. The zero-order valence-corrected chi connectivity index (χ0v) is 15.8.